The van der Waals surface area contributed by atoms with Crippen molar-refractivity contribution in [2.45, 2.75) is 52.4 Å². The Morgan fingerprint density at radius 2 is 1.90 bits per heavy atom. The minimum Gasteiger partial charge on any atom is -0.316 e. The third kappa shape index (κ3) is 4.81. The van der Waals surface area contributed by atoms with Gasteiger partial charge in [0.15, 0.2) is 0 Å². The fourth-order valence-electron chi connectivity index (χ4n) is 3.61. The zero-order chi connectivity index (χ0) is 15.2. The number of halogens is 1. The minimum absolute atomic E-state index is 0.129. The summed E-state index contributed by atoms with van der Waals surface area (Å²) in [7, 11) is 0. The van der Waals surface area contributed by atoms with E-state index in [-0.39, 0.29) is 5.82 Å². The SMILES string of the molecule is CCC1CCC(CNCC(C)C)C(c2ccc(F)cc2)C1. The summed E-state index contributed by atoms with van der Waals surface area (Å²) in [5.41, 5.74) is 1.32. The molecule has 3 unspecified atom stereocenters. The molecule has 0 aliphatic heterocycles. The number of hydrogen-bond acceptors (Lipinski definition) is 1. The maximum absolute atomic E-state index is 13.2. The smallest absolute Gasteiger partial charge is 0.123 e. The van der Waals surface area contributed by atoms with E-state index in [2.05, 4.69) is 26.1 Å². The van der Waals surface area contributed by atoms with Gasteiger partial charge in [0.2, 0.25) is 0 Å². The third-order valence-electron chi connectivity index (χ3n) is 4.94. The molecule has 2 rings (SSSR count). The van der Waals surface area contributed by atoms with Crippen LogP contribution in [0.3, 0.4) is 0 Å². The van der Waals surface area contributed by atoms with Crippen LogP contribution >= 0.6 is 0 Å². The van der Waals surface area contributed by atoms with Crippen LogP contribution in [0.15, 0.2) is 24.3 Å². The molecule has 1 N–H and O–H groups in total. The summed E-state index contributed by atoms with van der Waals surface area (Å²) in [5.74, 6) is 2.68. The van der Waals surface area contributed by atoms with E-state index in [9.17, 15) is 4.39 Å². The highest BCUT2D eigenvalue weighted by Gasteiger charge is 2.30. The van der Waals surface area contributed by atoms with Crippen molar-refractivity contribution in [1.82, 2.24) is 5.32 Å². The predicted octanol–water partition coefficient (Wildman–Crippen LogP) is 4.98. The van der Waals surface area contributed by atoms with Crippen molar-refractivity contribution in [3.8, 4) is 0 Å². The van der Waals surface area contributed by atoms with Crippen LogP contribution < -0.4 is 5.32 Å². The molecular weight excluding hydrogens is 261 g/mol. The average molecular weight is 291 g/mol. The van der Waals surface area contributed by atoms with E-state index < -0.39 is 0 Å². The first kappa shape index (κ1) is 16.5. The molecule has 0 amide bonds. The van der Waals surface area contributed by atoms with E-state index in [1.165, 1.54) is 31.2 Å². The Balaban J connectivity index is 2.04. The highest BCUT2D eigenvalue weighted by Crippen LogP contribution is 2.41. The zero-order valence-electron chi connectivity index (χ0n) is 13.7. The number of benzene rings is 1. The van der Waals surface area contributed by atoms with Crippen molar-refractivity contribution in [2.24, 2.45) is 17.8 Å². The third-order valence-corrected chi connectivity index (χ3v) is 4.94. The van der Waals surface area contributed by atoms with E-state index in [0.717, 1.165) is 19.0 Å². The summed E-state index contributed by atoms with van der Waals surface area (Å²) in [5, 5.41) is 3.62. The van der Waals surface area contributed by atoms with Gasteiger partial charge in [-0.1, -0.05) is 45.7 Å². The van der Waals surface area contributed by atoms with Crippen molar-refractivity contribution in [3.63, 3.8) is 0 Å². The van der Waals surface area contributed by atoms with Gasteiger partial charge in [0.25, 0.3) is 0 Å². The molecule has 1 aromatic rings. The molecule has 1 saturated carbocycles. The van der Waals surface area contributed by atoms with Crippen molar-refractivity contribution < 1.29 is 4.39 Å². The zero-order valence-corrected chi connectivity index (χ0v) is 13.7. The summed E-state index contributed by atoms with van der Waals surface area (Å²) >= 11 is 0. The van der Waals surface area contributed by atoms with Crippen molar-refractivity contribution in [2.75, 3.05) is 13.1 Å². The van der Waals surface area contributed by atoms with Gasteiger partial charge in [-0.25, -0.2) is 4.39 Å². The Labute approximate surface area is 129 Å². The summed E-state index contributed by atoms with van der Waals surface area (Å²) in [6.07, 6.45) is 5.17. The second-order valence-corrected chi connectivity index (χ2v) is 7.06. The van der Waals surface area contributed by atoms with Gasteiger partial charge in [-0.2, -0.15) is 0 Å². The summed E-state index contributed by atoms with van der Waals surface area (Å²) < 4.78 is 13.2. The van der Waals surface area contributed by atoms with Crippen LogP contribution in [0.2, 0.25) is 0 Å². The van der Waals surface area contributed by atoms with Gasteiger partial charge in [-0.15, -0.1) is 0 Å². The van der Waals surface area contributed by atoms with Gasteiger partial charge in [-0.05, 0) is 67.3 Å². The van der Waals surface area contributed by atoms with E-state index in [1.807, 2.05) is 12.1 Å². The fraction of sp³-hybridized carbons (Fsp3) is 0.684. The van der Waals surface area contributed by atoms with Gasteiger partial charge in [-0.3, -0.25) is 0 Å². The van der Waals surface area contributed by atoms with Crippen molar-refractivity contribution in [1.29, 1.82) is 0 Å². The van der Waals surface area contributed by atoms with Gasteiger partial charge in [0.1, 0.15) is 5.82 Å². The maximum Gasteiger partial charge on any atom is 0.123 e. The van der Waals surface area contributed by atoms with Crippen LogP contribution in [0, 0.1) is 23.6 Å². The second kappa shape index (κ2) is 7.93. The number of hydrogen-bond donors (Lipinski definition) is 1. The summed E-state index contributed by atoms with van der Waals surface area (Å²) in [6, 6.07) is 7.22. The Kier molecular flexibility index (Phi) is 6.22. The van der Waals surface area contributed by atoms with E-state index in [4.69, 9.17) is 0 Å². The van der Waals surface area contributed by atoms with Crippen molar-refractivity contribution >= 4 is 0 Å². The molecule has 1 nitrogen and oxygen atoms in total. The topological polar surface area (TPSA) is 12.0 Å². The highest BCUT2D eigenvalue weighted by molar-refractivity contribution is 5.22. The molecule has 0 radical (unpaired) electrons. The molecule has 21 heavy (non-hydrogen) atoms. The second-order valence-electron chi connectivity index (χ2n) is 7.06. The van der Waals surface area contributed by atoms with Crippen LogP contribution in [0.25, 0.3) is 0 Å². The average Bonchev–Trinajstić information content (AvgIpc) is 2.48. The van der Waals surface area contributed by atoms with Gasteiger partial charge >= 0.3 is 0 Å². The molecule has 1 fully saturated rings. The highest BCUT2D eigenvalue weighted by atomic mass is 19.1. The lowest BCUT2D eigenvalue weighted by molar-refractivity contribution is 0.224. The molecule has 3 atom stereocenters. The molecule has 0 bridgehead atoms. The predicted molar refractivity (Wildman–Crippen MR) is 88.0 cm³/mol. The van der Waals surface area contributed by atoms with Gasteiger partial charge < -0.3 is 5.32 Å². The molecule has 1 aromatic carbocycles. The van der Waals surface area contributed by atoms with E-state index >= 15 is 0 Å². The Bertz CT molecular complexity index is 412. The molecule has 118 valence electrons. The molecule has 1 aliphatic rings. The van der Waals surface area contributed by atoms with Crippen LogP contribution in [-0.4, -0.2) is 13.1 Å². The lowest BCUT2D eigenvalue weighted by Crippen LogP contribution is -2.33. The standard InChI is InChI=1S/C19H30FN/c1-4-15-5-6-17(13-21-12-14(2)3)19(11-15)16-7-9-18(20)10-8-16/h7-10,14-15,17,19,21H,4-6,11-13H2,1-3H3. The lowest BCUT2D eigenvalue weighted by Gasteiger charge is -2.36. The Hall–Kier alpha value is -0.890. The van der Waals surface area contributed by atoms with E-state index in [1.54, 1.807) is 12.1 Å². The first-order valence-corrected chi connectivity index (χ1v) is 8.56. The lowest BCUT2D eigenvalue weighted by atomic mass is 9.70. The van der Waals surface area contributed by atoms with Crippen LogP contribution in [0.4, 0.5) is 4.39 Å². The van der Waals surface area contributed by atoms with Crippen LogP contribution in [0.5, 0.6) is 0 Å². The number of rotatable bonds is 6. The van der Waals surface area contributed by atoms with Gasteiger partial charge in [0, 0.05) is 0 Å². The molecule has 0 spiro atoms. The number of nitrogens with one attached hydrogen (secondary N) is 1. The Morgan fingerprint density at radius 3 is 2.52 bits per heavy atom. The molecule has 0 aromatic heterocycles. The minimum atomic E-state index is -0.129. The van der Waals surface area contributed by atoms with Crippen LogP contribution in [0.1, 0.15) is 57.9 Å². The maximum atomic E-state index is 13.2. The quantitative estimate of drug-likeness (QED) is 0.779. The molecule has 2 heteroatoms. The summed E-state index contributed by atoms with van der Waals surface area (Å²) in [6.45, 7) is 8.97. The Morgan fingerprint density at radius 1 is 1.19 bits per heavy atom. The van der Waals surface area contributed by atoms with E-state index in [0.29, 0.717) is 17.8 Å². The molecule has 0 heterocycles. The molecule has 0 saturated heterocycles. The van der Waals surface area contributed by atoms with Crippen molar-refractivity contribution in [3.05, 3.63) is 35.6 Å². The monoisotopic (exact) mass is 291 g/mol. The van der Waals surface area contributed by atoms with Gasteiger partial charge in [0.05, 0.1) is 0 Å². The first-order valence-electron chi connectivity index (χ1n) is 8.56. The molecule has 1 aliphatic carbocycles. The molecular formula is C19H30FN. The normalized spacial score (nSPS) is 26.2. The van der Waals surface area contributed by atoms with Crippen LogP contribution in [-0.2, 0) is 0 Å². The summed E-state index contributed by atoms with van der Waals surface area (Å²) in [4.78, 5) is 0. The first-order chi connectivity index (χ1) is 10.1. The largest absolute Gasteiger partial charge is 0.316 e. The fourth-order valence-corrected chi connectivity index (χ4v) is 3.61.